The van der Waals surface area contributed by atoms with Gasteiger partial charge in [0.2, 0.25) is 0 Å². The van der Waals surface area contributed by atoms with Crippen molar-refractivity contribution in [3.8, 4) is 0 Å². The van der Waals surface area contributed by atoms with Gasteiger partial charge >= 0.3 is 11.7 Å². The first kappa shape index (κ1) is 13.7. The van der Waals surface area contributed by atoms with Crippen LogP contribution >= 0.6 is 15.9 Å². The zero-order chi connectivity index (χ0) is 13.2. The molecular weight excluding hydrogens is 292 g/mol. The Labute approximate surface area is 106 Å². The average Bonchev–Trinajstić information content (AvgIpc) is 2.21. The molecule has 0 bridgehead atoms. The highest BCUT2D eigenvalue weighted by molar-refractivity contribution is 9.08. The number of aromatic nitrogens is 2. The summed E-state index contributed by atoms with van der Waals surface area (Å²) in [6, 6.07) is -0.311. The van der Waals surface area contributed by atoms with E-state index in [2.05, 4.69) is 15.9 Å². The Kier molecular flexibility index (Phi) is 4.28. The van der Waals surface area contributed by atoms with Crippen LogP contribution in [0, 0.1) is 0 Å². The van der Waals surface area contributed by atoms with Crippen LogP contribution in [0.4, 0.5) is 0 Å². The number of alkyl halides is 1. The fourth-order valence-corrected chi connectivity index (χ4v) is 1.87. The second kappa shape index (κ2) is 5.31. The molecular formula is C10H13BrN2O4. The zero-order valence-corrected chi connectivity index (χ0v) is 11.1. The van der Waals surface area contributed by atoms with Crippen molar-refractivity contribution < 1.29 is 9.90 Å². The van der Waals surface area contributed by atoms with Crippen LogP contribution in [0.25, 0.3) is 0 Å². The molecule has 0 radical (unpaired) electrons. The minimum Gasteiger partial charge on any atom is -0.480 e. The lowest BCUT2D eigenvalue weighted by Crippen LogP contribution is -2.42. The maximum absolute atomic E-state index is 11.9. The summed E-state index contributed by atoms with van der Waals surface area (Å²) in [6.07, 6.45) is 1.28. The Morgan fingerprint density at radius 1 is 1.47 bits per heavy atom. The second-order valence-electron chi connectivity index (χ2n) is 3.86. The van der Waals surface area contributed by atoms with Crippen molar-refractivity contribution in [3.63, 3.8) is 0 Å². The number of carbonyl (C=O) groups is 1. The molecule has 6 nitrogen and oxygen atoms in total. The van der Waals surface area contributed by atoms with Crippen molar-refractivity contribution in [1.29, 1.82) is 0 Å². The number of rotatable bonds is 4. The molecule has 1 N–H and O–H groups in total. The van der Waals surface area contributed by atoms with Gasteiger partial charge in [-0.05, 0) is 13.8 Å². The van der Waals surface area contributed by atoms with Gasteiger partial charge in [-0.15, -0.1) is 0 Å². The van der Waals surface area contributed by atoms with E-state index in [1.807, 2.05) is 0 Å². The van der Waals surface area contributed by atoms with Gasteiger partial charge in [-0.2, -0.15) is 0 Å². The summed E-state index contributed by atoms with van der Waals surface area (Å²) < 4.78 is 2.08. The standard InChI is InChI=1S/C10H13BrN2O4/c1-6(2)13-9(16)7(3-11)4-12(10(13)17)5-8(14)15/h4,6H,3,5H2,1-2H3,(H,14,15). The van der Waals surface area contributed by atoms with Crippen molar-refractivity contribution >= 4 is 21.9 Å². The summed E-state index contributed by atoms with van der Waals surface area (Å²) in [7, 11) is 0. The van der Waals surface area contributed by atoms with Crippen LogP contribution in [0.5, 0.6) is 0 Å². The third-order valence-corrected chi connectivity index (χ3v) is 2.83. The second-order valence-corrected chi connectivity index (χ2v) is 4.42. The largest absolute Gasteiger partial charge is 0.480 e. The van der Waals surface area contributed by atoms with Gasteiger partial charge in [0.1, 0.15) is 6.54 Å². The van der Waals surface area contributed by atoms with E-state index < -0.39 is 18.2 Å². The summed E-state index contributed by atoms with van der Waals surface area (Å²) in [5.74, 6) is -1.12. The smallest absolute Gasteiger partial charge is 0.331 e. The van der Waals surface area contributed by atoms with Crippen LogP contribution in [0.15, 0.2) is 15.8 Å². The van der Waals surface area contributed by atoms with Crippen molar-refractivity contribution in [2.75, 3.05) is 0 Å². The molecule has 1 aromatic rings. The normalized spacial score (nSPS) is 10.8. The fourth-order valence-electron chi connectivity index (χ4n) is 1.48. The molecule has 94 valence electrons. The van der Waals surface area contributed by atoms with E-state index in [1.165, 1.54) is 6.20 Å². The van der Waals surface area contributed by atoms with E-state index in [-0.39, 0.29) is 16.9 Å². The number of halogens is 1. The van der Waals surface area contributed by atoms with Gasteiger partial charge in [-0.1, -0.05) is 15.9 Å². The molecule has 1 aromatic heterocycles. The minimum absolute atomic E-state index is 0.276. The van der Waals surface area contributed by atoms with Crippen LogP contribution in [0.3, 0.4) is 0 Å². The first-order valence-corrected chi connectivity index (χ1v) is 6.13. The molecule has 17 heavy (non-hydrogen) atoms. The first-order chi connectivity index (χ1) is 7.88. The molecule has 7 heteroatoms. The zero-order valence-electron chi connectivity index (χ0n) is 9.51. The fraction of sp³-hybridized carbons (Fsp3) is 0.500. The van der Waals surface area contributed by atoms with E-state index >= 15 is 0 Å². The van der Waals surface area contributed by atoms with Crippen LogP contribution in [-0.2, 0) is 16.7 Å². The molecule has 0 saturated carbocycles. The van der Waals surface area contributed by atoms with Crippen molar-refractivity contribution in [2.24, 2.45) is 0 Å². The molecule has 0 aromatic carbocycles. The Bertz CT molecular complexity index is 544. The third-order valence-electron chi connectivity index (χ3n) is 2.22. The van der Waals surface area contributed by atoms with Gasteiger partial charge in [-0.25, -0.2) is 4.79 Å². The molecule has 0 unspecified atom stereocenters. The Morgan fingerprint density at radius 3 is 2.47 bits per heavy atom. The maximum Gasteiger partial charge on any atom is 0.331 e. The summed E-state index contributed by atoms with van der Waals surface area (Å²) in [5.41, 5.74) is -0.625. The SMILES string of the molecule is CC(C)n1c(=O)c(CBr)cn(CC(=O)O)c1=O. The van der Waals surface area contributed by atoms with E-state index in [0.29, 0.717) is 5.56 Å². The first-order valence-electron chi connectivity index (χ1n) is 5.01. The van der Waals surface area contributed by atoms with Crippen molar-refractivity contribution in [2.45, 2.75) is 31.8 Å². The third kappa shape index (κ3) is 2.85. The molecule has 0 spiro atoms. The molecule has 0 saturated heterocycles. The maximum atomic E-state index is 11.9. The lowest BCUT2D eigenvalue weighted by molar-refractivity contribution is -0.137. The molecule has 0 fully saturated rings. The highest BCUT2D eigenvalue weighted by Crippen LogP contribution is 2.01. The molecule has 1 rings (SSSR count). The molecule has 0 amide bonds. The highest BCUT2D eigenvalue weighted by Gasteiger charge is 2.14. The van der Waals surface area contributed by atoms with Gasteiger partial charge in [0.05, 0.1) is 0 Å². The van der Waals surface area contributed by atoms with Gasteiger partial charge in [0.25, 0.3) is 5.56 Å². The Morgan fingerprint density at radius 2 is 2.06 bits per heavy atom. The van der Waals surface area contributed by atoms with Crippen molar-refractivity contribution in [1.82, 2.24) is 9.13 Å². The van der Waals surface area contributed by atoms with Gasteiger partial charge in [0, 0.05) is 23.1 Å². The van der Waals surface area contributed by atoms with E-state index in [1.54, 1.807) is 13.8 Å². The number of carboxylic acids is 1. The average molecular weight is 305 g/mol. The number of hydrogen-bond acceptors (Lipinski definition) is 3. The number of nitrogens with zero attached hydrogens (tertiary/aromatic N) is 2. The summed E-state index contributed by atoms with van der Waals surface area (Å²) in [5, 5.41) is 8.97. The lowest BCUT2D eigenvalue weighted by atomic mass is 10.3. The van der Waals surface area contributed by atoms with Gasteiger partial charge in [0.15, 0.2) is 0 Å². The van der Waals surface area contributed by atoms with Crippen LogP contribution in [0.1, 0.15) is 25.5 Å². The summed E-state index contributed by atoms with van der Waals surface area (Å²) in [6.45, 7) is 2.95. The minimum atomic E-state index is -1.12. The van der Waals surface area contributed by atoms with Gasteiger partial charge < -0.3 is 5.11 Å². The topological polar surface area (TPSA) is 81.3 Å². The number of hydrogen-bond donors (Lipinski definition) is 1. The Balaban J connectivity index is 3.54. The van der Waals surface area contributed by atoms with Gasteiger partial charge in [-0.3, -0.25) is 18.7 Å². The number of aliphatic carboxylic acids is 1. The predicted molar refractivity (Wildman–Crippen MR) is 65.6 cm³/mol. The molecule has 0 aliphatic carbocycles. The lowest BCUT2D eigenvalue weighted by Gasteiger charge is -2.13. The predicted octanol–water partition coefficient (Wildman–Crippen LogP) is 0.570. The molecule has 1 heterocycles. The summed E-state index contributed by atoms with van der Waals surface area (Å²) in [4.78, 5) is 34.4. The van der Waals surface area contributed by atoms with Crippen LogP contribution in [-0.4, -0.2) is 20.2 Å². The molecule has 0 aliphatic heterocycles. The van der Waals surface area contributed by atoms with Crippen molar-refractivity contribution in [3.05, 3.63) is 32.6 Å². The van der Waals surface area contributed by atoms with E-state index in [9.17, 15) is 14.4 Å². The van der Waals surface area contributed by atoms with E-state index in [0.717, 1.165) is 9.13 Å². The molecule has 0 aliphatic rings. The summed E-state index contributed by atoms with van der Waals surface area (Å²) >= 11 is 3.14. The van der Waals surface area contributed by atoms with E-state index in [4.69, 9.17) is 5.11 Å². The van der Waals surface area contributed by atoms with Crippen LogP contribution in [0.2, 0.25) is 0 Å². The monoisotopic (exact) mass is 304 g/mol. The molecule has 0 atom stereocenters. The Hall–Kier alpha value is -1.37. The number of carboxylic acid groups (broad SMARTS) is 1. The van der Waals surface area contributed by atoms with Crippen LogP contribution < -0.4 is 11.2 Å². The quantitative estimate of drug-likeness (QED) is 0.825. The highest BCUT2D eigenvalue weighted by atomic mass is 79.9.